The minimum absolute atomic E-state index is 0.0400. The van der Waals surface area contributed by atoms with Crippen molar-refractivity contribution in [3.05, 3.63) is 48.0 Å². The highest BCUT2D eigenvalue weighted by Crippen LogP contribution is 2.11. The maximum Gasteiger partial charge on any atom is 0.326 e. The summed E-state index contributed by atoms with van der Waals surface area (Å²) in [5, 5.41) is 35.6. The number of carbonyl (C=O) groups excluding carboxylic acids is 3. The highest BCUT2D eigenvalue weighted by atomic mass is 16.4. The number of hydrogen-bond acceptors (Lipinski definition) is 9. The average molecular weight is 576 g/mol. The van der Waals surface area contributed by atoms with Crippen molar-refractivity contribution in [2.75, 3.05) is 6.54 Å². The van der Waals surface area contributed by atoms with Gasteiger partial charge in [-0.3, -0.25) is 19.2 Å². The predicted octanol–water partition coefficient (Wildman–Crippen LogP) is -1.24. The number of phenolic OH excluding ortho intramolecular Hbond substituents is 1. The number of benzene rings is 1. The van der Waals surface area contributed by atoms with Gasteiger partial charge in [-0.2, -0.15) is 0 Å². The number of nitrogens with zero attached hydrogens (tertiary/aromatic N) is 1. The van der Waals surface area contributed by atoms with E-state index < -0.39 is 60.2 Å². The first kappa shape index (κ1) is 32.7. The third kappa shape index (κ3) is 11.6. The van der Waals surface area contributed by atoms with Crippen molar-refractivity contribution in [3.63, 3.8) is 0 Å². The molecule has 0 aliphatic heterocycles. The summed E-state index contributed by atoms with van der Waals surface area (Å²) in [7, 11) is 0. The number of amides is 3. The average Bonchev–Trinajstić information content (AvgIpc) is 3.44. The number of carbonyl (C=O) groups is 5. The zero-order valence-electron chi connectivity index (χ0n) is 22.4. The smallest absolute Gasteiger partial charge is 0.326 e. The Labute approximate surface area is 236 Å². The first-order valence-electron chi connectivity index (χ1n) is 13.1. The molecule has 15 nitrogen and oxygen atoms in total. The van der Waals surface area contributed by atoms with Crippen molar-refractivity contribution >= 4 is 29.7 Å². The third-order valence-corrected chi connectivity index (χ3v) is 6.18. The number of phenols is 1. The Bertz CT molecular complexity index is 1160. The van der Waals surface area contributed by atoms with Gasteiger partial charge in [-0.05, 0) is 56.3 Å². The molecule has 0 bridgehead atoms. The van der Waals surface area contributed by atoms with Gasteiger partial charge >= 0.3 is 11.9 Å². The van der Waals surface area contributed by atoms with E-state index in [0.717, 1.165) is 0 Å². The van der Waals surface area contributed by atoms with Crippen molar-refractivity contribution < 1.29 is 39.3 Å². The molecule has 2 rings (SSSR count). The quantitative estimate of drug-likeness (QED) is 0.0949. The van der Waals surface area contributed by atoms with Crippen LogP contribution in [0.2, 0.25) is 0 Å². The molecule has 224 valence electrons. The van der Waals surface area contributed by atoms with Crippen LogP contribution in [-0.4, -0.2) is 85.7 Å². The number of nitrogens with one attached hydrogen (secondary N) is 4. The molecule has 0 radical (unpaired) electrons. The summed E-state index contributed by atoms with van der Waals surface area (Å²) in [5.74, 6) is -4.78. The molecule has 0 aliphatic rings. The summed E-state index contributed by atoms with van der Waals surface area (Å²) in [6.07, 6.45) is 3.12. The van der Waals surface area contributed by atoms with Gasteiger partial charge in [-0.25, -0.2) is 9.78 Å². The molecule has 11 N–H and O–H groups in total. The lowest BCUT2D eigenvalue weighted by Crippen LogP contribution is -2.57. The highest BCUT2D eigenvalue weighted by molar-refractivity contribution is 5.94. The predicted molar refractivity (Wildman–Crippen MR) is 145 cm³/mol. The van der Waals surface area contributed by atoms with Crippen LogP contribution >= 0.6 is 0 Å². The van der Waals surface area contributed by atoms with E-state index in [4.69, 9.17) is 16.6 Å². The van der Waals surface area contributed by atoms with Gasteiger partial charge in [0.25, 0.3) is 0 Å². The van der Waals surface area contributed by atoms with Crippen LogP contribution in [0.25, 0.3) is 0 Å². The van der Waals surface area contributed by atoms with Gasteiger partial charge in [0.2, 0.25) is 17.7 Å². The molecule has 4 unspecified atom stereocenters. The molecule has 2 aromatic rings. The zero-order chi connectivity index (χ0) is 30.4. The number of aliphatic carboxylic acids is 2. The number of nitrogens with two attached hydrogens (primary N) is 2. The van der Waals surface area contributed by atoms with Crippen LogP contribution in [0, 0.1) is 0 Å². The van der Waals surface area contributed by atoms with Crippen molar-refractivity contribution in [1.29, 1.82) is 0 Å². The molecule has 3 amide bonds. The van der Waals surface area contributed by atoms with E-state index in [1.165, 1.54) is 24.7 Å². The number of rotatable bonds is 18. The Hall–Kier alpha value is -4.50. The van der Waals surface area contributed by atoms with E-state index in [1.54, 1.807) is 12.1 Å². The van der Waals surface area contributed by atoms with Crippen LogP contribution in [0.3, 0.4) is 0 Å². The summed E-state index contributed by atoms with van der Waals surface area (Å²) in [4.78, 5) is 68.7. The van der Waals surface area contributed by atoms with Crippen LogP contribution in [0.15, 0.2) is 36.8 Å². The molecule has 1 heterocycles. The summed E-state index contributed by atoms with van der Waals surface area (Å²) in [5.41, 5.74) is 12.7. The van der Waals surface area contributed by atoms with Crippen LogP contribution in [-0.2, 0) is 36.8 Å². The van der Waals surface area contributed by atoms with Crippen molar-refractivity contribution in [2.24, 2.45) is 11.5 Å². The number of H-pyrrole nitrogens is 1. The second-order valence-electron chi connectivity index (χ2n) is 9.50. The lowest BCUT2D eigenvalue weighted by atomic mass is 10.0. The first-order valence-corrected chi connectivity index (χ1v) is 13.1. The number of carboxylic acids is 2. The topological polar surface area (TPSA) is 263 Å². The summed E-state index contributed by atoms with van der Waals surface area (Å²) in [6, 6.07) is 1.09. The molecule has 0 saturated heterocycles. The molecule has 1 aromatic carbocycles. The molecule has 0 fully saturated rings. The van der Waals surface area contributed by atoms with E-state index in [1.807, 2.05) is 0 Å². The van der Waals surface area contributed by atoms with E-state index in [9.17, 15) is 34.2 Å². The standard InChI is InChI=1S/C26H37N7O8/c27-10-2-1-3-19(24(38)33-21(26(40)41)12-16-13-29-14-30-16)32-25(39)20(8-9-22(35)36)31-23(37)18(28)11-15-4-6-17(34)7-5-15/h4-7,13-14,18-21,34H,1-3,8-12,27-28H2,(H,29,30)(H,31,37)(H,32,39)(H,33,38)(H,35,36)(H,40,41). The number of aromatic nitrogens is 2. The lowest BCUT2D eigenvalue weighted by Gasteiger charge is -2.25. The highest BCUT2D eigenvalue weighted by Gasteiger charge is 2.30. The molecule has 1 aromatic heterocycles. The molecule has 4 atom stereocenters. The number of carboxylic acid groups (broad SMARTS) is 2. The Morgan fingerprint density at radius 3 is 2.02 bits per heavy atom. The van der Waals surface area contributed by atoms with Gasteiger partial charge < -0.3 is 47.7 Å². The van der Waals surface area contributed by atoms with E-state index in [0.29, 0.717) is 30.6 Å². The second-order valence-corrected chi connectivity index (χ2v) is 9.50. The number of unbranched alkanes of at least 4 members (excludes halogenated alkanes) is 1. The van der Waals surface area contributed by atoms with Gasteiger partial charge in [0, 0.05) is 24.7 Å². The summed E-state index contributed by atoms with van der Waals surface area (Å²) >= 11 is 0. The fraction of sp³-hybridized carbons (Fsp3) is 0.462. The molecule has 15 heteroatoms. The molecular weight excluding hydrogens is 538 g/mol. The molecular formula is C26H37N7O8. The zero-order valence-corrected chi connectivity index (χ0v) is 22.4. The van der Waals surface area contributed by atoms with Gasteiger partial charge in [-0.1, -0.05) is 12.1 Å². The Kier molecular flexibility index (Phi) is 13.2. The van der Waals surface area contributed by atoms with Gasteiger partial charge in [0.15, 0.2) is 0 Å². The van der Waals surface area contributed by atoms with Crippen molar-refractivity contribution in [2.45, 2.75) is 69.1 Å². The van der Waals surface area contributed by atoms with Crippen LogP contribution in [0.1, 0.15) is 43.4 Å². The van der Waals surface area contributed by atoms with E-state index in [2.05, 4.69) is 25.9 Å². The number of hydrogen-bond donors (Lipinski definition) is 9. The minimum Gasteiger partial charge on any atom is -0.508 e. The number of imidazole rings is 1. The second kappa shape index (κ2) is 16.6. The first-order chi connectivity index (χ1) is 19.5. The van der Waals surface area contributed by atoms with Gasteiger partial charge in [0.05, 0.1) is 12.4 Å². The largest absolute Gasteiger partial charge is 0.508 e. The SMILES string of the molecule is NCCCCC(NC(=O)C(CCC(=O)O)NC(=O)C(N)Cc1ccc(O)cc1)C(=O)NC(Cc1cnc[nH]1)C(=O)O. The molecule has 0 spiro atoms. The third-order valence-electron chi connectivity index (χ3n) is 6.18. The monoisotopic (exact) mass is 575 g/mol. The summed E-state index contributed by atoms with van der Waals surface area (Å²) in [6.45, 7) is 0.329. The summed E-state index contributed by atoms with van der Waals surface area (Å²) < 4.78 is 0. The Balaban J connectivity index is 2.13. The van der Waals surface area contributed by atoms with Crippen LogP contribution < -0.4 is 27.4 Å². The van der Waals surface area contributed by atoms with E-state index >= 15 is 0 Å². The van der Waals surface area contributed by atoms with Crippen LogP contribution in [0.4, 0.5) is 0 Å². The van der Waals surface area contributed by atoms with Gasteiger partial charge in [0.1, 0.15) is 23.9 Å². The molecule has 0 saturated carbocycles. The Morgan fingerprint density at radius 1 is 0.854 bits per heavy atom. The normalized spacial score (nSPS) is 13.8. The molecule has 41 heavy (non-hydrogen) atoms. The lowest BCUT2D eigenvalue weighted by molar-refractivity contribution is -0.142. The van der Waals surface area contributed by atoms with Gasteiger partial charge in [-0.15, -0.1) is 0 Å². The van der Waals surface area contributed by atoms with E-state index in [-0.39, 0.29) is 31.4 Å². The number of aromatic hydroxyl groups is 1. The minimum atomic E-state index is -1.34. The van der Waals surface area contributed by atoms with Crippen molar-refractivity contribution in [1.82, 2.24) is 25.9 Å². The van der Waals surface area contributed by atoms with Crippen molar-refractivity contribution in [3.8, 4) is 5.75 Å². The fourth-order valence-electron chi connectivity index (χ4n) is 3.92. The molecule has 0 aliphatic carbocycles. The number of aromatic amines is 1. The Morgan fingerprint density at radius 2 is 1.46 bits per heavy atom. The fourth-order valence-corrected chi connectivity index (χ4v) is 3.92. The maximum atomic E-state index is 13.2. The van der Waals surface area contributed by atoms with Crippen LogP contribution in [0.5, 0.6) is 5.75 Å². The maximum absolute atomic E-state index is 13.2.